The fraction of sp³-hybridized carbons (Fsp3) is 0.464. The van der Waals surface area contributed by atoms with Gasteiger partial charge < -0.3 is 24.3 Å². The lowest BCUT2D eigenvalue weighted by Gasteiger charge is -2.32. The van der Waals surface area contributed by atoms with E-state index in [-0.39, 0.29) is 6.03 Å². The van der Waals surface area contributed by atoms with Crippen molar-refractivity contribution in [1.82, 2.24) is 29.7 Å². The standard InChI is InChI=1S/C28H39N7O3/c1-23-19-30-22-34(23)11-5-10-31-28(36)35(21-24-6-4-9-29-20-24)25-7-8-26(27(18-25)37-3)38-17-16-33-14-12-32(2)13-15-33/h4,6-9,18-20,22H,5,10-17,21H2,1-3H3,(H,31,36). The summed E-state index contributed by atoms with van der Waals surface area (Å²) in [6.07, 6.45) is 7.94. The van der Waals surface area contributed by atoms with E-state index in [2.05, 4.69) is 36.7 Å². The number of methoxy groups -OCH3 is 1. The van der Waals surface area contributed by atoms with Gasteiger partial charge in [-0.25, -0.2) is 9.78 Å². The Bertz CT molecular complexity index is 1150. The third-order valence-corrected chi connectivity index (χ3v) is 6.80. The van der Waals surface area contributed by atoms with Gasteiger partial charge in [0.2, 0.25) is 0 Å². The van der Waals surface area contributed by atoms with Crippen molar-refractivity contribution in [2.75, 3.05) is 64.9 Å². The maximum Gasteiger partial charge on any atom is 0.322 e. The number of aryl methyl sites for hydroxylation is 2. The Kier molecular flexibility index (Phi) is 9.94. The van der Waals surface area contributed by atoms with Crippen molar-refractivity contribution in [3.8, 4) is 11.5 Å². The Morgan fingerprint density at radius 3 is 2.63 bits per heavy atom. The van der Waals surface area contributed by atoms with E-state index >= 15 is 0 Å². The van der Waals surface area contributed by atoms with E-state index in [0.717, 1.165) is 62.6 Å². The van der Waals surface area contributed by atoms with E-state index in [0.29, 0.717) is 31.2 Å². The SMILES string of the molecule is COc1cc(N(Cc2cccnc2)C(=O)NCCCn2cncc2C)ccc1OCCN1CCN(C)CC1. The molecule has 1 N–H and O–H groups in total. The Balaban J connectivity index is 1.39. The van der Waals surface area contributed by atoms with Gasteiger partial charge in [-0.15, -0.1) is 0 Å². The number of hydrogen-bond donors (Lipinski definition) is 1. The summed E-state index contributed by atoms with van der Waals surface area (Å²) in [5, 5.41) is 3.06. The third-order valence-electron chi connectivity index (χ3n) is 6.80. The molecule has 3 heterocycles. The molecule has 4 rings (SSSR count). The van der Waals surface area contributed by atoms with Crippen LogP contribution in [0.4, 0.5) is 10.5 Å². The first-order valence-corrected chi connectivity index (χ1v) is 13.2. The van der Waals surface area contributed by atoms with Gasteiger partial charge in [-0.3, -0.25) is 14.8 Å². The first kappa shape index (κ1) is 27.4. The molecule has 0 saturated carbocycles. The van der Waals surface area contributed by atoms with E-state index in [4.69, 9.17) is 9.47 Å². The minimum absolute atomic E-state index is 0.179. The molecule has 2 amide bonds. The number of pyridine rings is 1. The summed E-state index contributed by atoms with van der Waals surface area (Å²) in [7, 11) is 3.77. The summed E-state index contributed by atoms with van der Waals surface area (Å²) in [4.78, 5) is 28.1. The molecule has 0 unspecified atom stereocenters. The Labute approximate surface area is 225 Å². The minimum Gasteiger partial charge on any atom is -0.493 e. The molecule has 2 aromatic heterocycles. The van der Waals surface area contributed by atoms with Crippen molar-refractivity contribution in [1.29, 1.82) is 0 Å². The number of rotatable bonds is 12. The number of imidazole rings is 1. The first-order chi connectivity index (χ1) is 18.5. The van der Waals surface area contributed by atoms with E-state index in [1.54, 1.807) is 24.4 Å². The molecule has 0 radical (unpaired) electrons. The van der Waals surface area contributed by atoms with E-state index in [1.165, 1.54) is 0 Å². The molecule has 1 saturated heterocycles. The summed E-state index contributed by atoms with van der Waals surface area (Å²) >= 11 is 0. The maximum atomic E-state index is 13.3. The van der Waals surface area contributed by atoms with Gasteiger partial charge in [0.25, 0.3) is 0 Å². The van der Waals surface area contributed by atoms with E-state index in [1.807, 2.05) is 49.8 Å². The van der Waals surface area contributed by atoms with Gasteiger partial charge in [0.15, 0.2) is 11.5 Å². The number of nitrogens with zero attached hydrogens (tertiary/aromatic N) is 6. The van der Waals surface area contributed by atoms with Gasteiger partial charge in [-0.1, -0.05) is 6.07 Å². The van der Waals surface area contributed by atoms with Crippen molar-refractivity contribution in [2.24, 2.45) is 0 Å². The fourth-order valence-electron chi connectivity index (χ4n) is 4.42. The predicted octanol–water partition coefficient (Wildman–Crippen LogP) is 3.03. The number of hydrogen-bond acceptors (Lipinski definition) is 7. The van der Waals surface area contributed by atoms with Crippen LogP contribution in [0.25, 0.3) is 0 Å². The minimum atomic E-state index is -0.179. The number of benzene rings is 1. The van der Waals surface area contributed by atoms with Gasteiger partial charge >= 0.3 is 6.03 Å². The number of nitrogens with one attached hydrogen (secondary N) is 1. The van der Waals surface area contributed by atoms with Gasteiger partial charge in [0.1, 0.15) is 6.61 Å². The van der Waals surface area contributed by atoms with E-state index in [9.17, 15) is 4.79 Å². The number of amides is 2. The number of anilines is 1. The van der Waals surface area contributed by atoms with Crippen molar-refractivity contribution in [3.63, 3.8) is 0 Å². The zero-order chi connectivity index (χ0) is 26.7. The van der Waals surface area contributed by atoms with Gasteiger partial charge in [-0.2, -0.15) is 0 Å². The van der Waals surface area contributed by atoms with Crippen LogP contribution < -0.4 is 19.7 Å². The highest BCUT2D eigenvalue weighted by Gasteiger charge is 2.19. The number of likely N-dealkylation sites (N-methyl/N-ethyl adjacent to an activating group) is 1. The summed E-state index contributed by atoms with van der Waals surface area (Å²) in [5.41, 5.74) is 2.76. The Hall–Kier alpha value is -3.63. The number of carbonyl (C=O) groups is 1. The molecule has 204 valence electrons. The van der Waals surface area contributed by atoms with Crippen LogP contribution in [0.3, 0.4) is 0 Å². The van der Waals surface area contributed by atoms with Gasteiger partial charge in [0, 0.05) is 81.9 Å². The molecule has 0 bridgehead atoms. The number of aromatic nitrogens is 3. The van der Waals surface area contributed by atoms with Crippen LogP contribution in [-0.2, 0) is 13.1 Å². The quantitative estimate of drug-likeness (QED) is 0.367. The van der Waals surface area contributed by atoms with Crippen LogP contribution in [0, 0.1) is 6.92 Å². The highest BCUT2D eigenvalue weighted by molar-refractivity contribution is 5.92. The molecule has 38 heavy (non-hydrogen) atoms. The largest absolute Gasteiger partial charge is 0.493 e. The summed E-state index contributed by atoms with van der Waals surface area (Å²) in [6.45, 7) is 9.45. The topological polar surface area (TPSA) is 88.0 Å². The maximum absolute atomic E-state index is 13.3. The van der Waals surface area contributed by atoms with Crippen LogP contribution in [0.5, 0.6) is 11.5 Å². The van der Waals surface area contributed by atoms with Crippen LogP contribution in [0.1, 0.15) is 17.7 Å². The van der Waals surface area contributed by atoms with Crippen molar-refractivity contribution < 1.29 is 14.3 Å². The molecular formula is C28H39N7O3. The molecule has 1 aromatic carbocycles. The Morgan fingerprint density at radius 2 is 1.92 bits per heavy atom. The van der Waals surface area contributed by atoms with Crippen LogP contribution in [0.15, 0.2) is 55.2 Å². The van der Waals surface area contributed by atoms with Crippen molar-refractivity contribution >= 4 is 11.7 Å². The monoisotopic (exact) mass is 521 g/mol. The molecule has 1 aliphatic heterocycles. The molecule has 0 aliphatic carbocycles. The van der Waals surface area contributed by atoms with Crippen LogP contribution in [-0.4, -0.2) is 90.4 Å². The highest BCUT2D eigenvalue weighted by atomic mass is 16.5. The molecule has 1 fully saturated rings. The summed E-state index contributed by atoms with van der Waals surface area (Å²) in [6, 6.07) is 9.29. The fourth-order valence-corrected chi connectivity index (χ4v) is 4.42. The average Bonchev–Trinajstić information content (AvgIpc) is 3.35. The average molecular weight is 522 g/mol. The number of carbonyl (C=O) groups excluding carboxylic acids is 1. The lowest BCUT2D eigenvalue weighted by molar-refractivity contribution is 0.133. The molecule has 0 atom stereocenters. The zero-order valence-corrected chi connectivity index (χ0v) is 22.7. The first-order valence-electron chi connectivity index (χ1n) is 13.2. The van der Waals surface area contributed by atoms with Crippen molar-refractivity contribution in [3.05, 3.63) is 66.5 Å². The molecular weight excluding hydrogens is 482 g/mol. The molecule has 10 heteroatoms. The number of ether oxygens (including phenoxy) is 2. The number of piperazine rings is 1. The zero-order valence-electron chi connectivity index (χ0n) is 22.7. The normalized spacial score (nSPS) is 14.3. The van der Waals surface area contributed by atoms with E-state index < -0.39 is 0 Å². The third kappa shape index (κ3) is 7.69. The molecule has 0 spiro atoms. The summed E-state index contributed by atoms with van der Waals surface area (Å²) < 4.78 is 13.8. The molecule has 1 aliphatic rings. The predicted molar refractivity (Wildman–Crippen MR) is 148 cm³/mol. The lowest BCUT2D eigenvalue weighted by Crippen LogP contribution is -2.45. The van der Waals surface area contributed by atoms with Gasteiger partial charge in [-0.05, 0) is 44.2 Å². The Morgan fingerprint density at radius 1 is 1.08 bits per heavy atom. The van der Waals surface area contributed by atoms with Crippen LogP contribution in [0.2, 0.25) is 0 Å². The smallest absolute Gasteiger partial charge is 0.322 e. The van der Waals surface area contributed by atoms with Crippen LogP contribution >= 0.6 is 0 Å². The highest BCUT2D eigenvalue weighted by Crippen LogP contribution is 2.32. The second-order valence-electron chi connectivity index (χ2n) is 9.59. The number of urea groups is 1. The molecule has 3 aromatic rings. The van der Waals surface area contributed by atoms with Crippen molar-refractivity contribution in [2.45, 2.75) is 26.4 Å². The second-order valence-corrected chi connectivity index (χ2v) is 9.59. The van der Waals surface area contributed by atoms with Gasteiger partial charge in [0.05, 0.1) is 20.0 Å². The molecule has 10 nitrogen and oxygen atoms in total. The lowest BCUT2D eigenvalue weighted by atomic mass is 10.2. The summed E-state index contributed by atoms with van der Waals surface area (Å²) in [5.74, 6) is 1.27. The second kappa shape index (κ2) is 13.8.